The van der Waals surface area contributed by atoms with E-state index >= 15 is 0 Å². The Morgan fingerprint density at radius 3 is 2.57 bits per heavy atom. The Morgan fingerprint density at radius 1 is 1.10 bits per heavy atom. The first-order chi connectivity index (χ1) is 9.95. The summed E-state index contributed by atoms with van der Waals surface area (Å²) in [4.78, 5) is 12.4. The van der Waals surface area contributed by atoms with Crippen molar-refractivity contribution in [2.24, 2.45) is 0 Å². The van der Waals surface area contributed by atoms with Gasteiger partial charge in [0.05, 0.1) is 5.56 Å². The van der Waals surface area contributed by atoms with Crippen LogP contribution in [0.4, 0.5) is 11.4 Å². The highest BCUT2D eigenvalue weighted by Gasteiger charge is 2.16. The molecule has 0 atom stereocenters. The zero-order chi connectivity index (χ0) is 15.1. The van der Waals surface area contributed by atoms with Gasteiger partial charge in [0.15, 0.2) is 0 Å². The summed E-state index contributed by atoms with van der Waals surface area (Å²) in [7, 11) is 0. The summed E-state index contributed by atoms with van der Waals surface area (Å²) in [6.07, 6.45) is 0. The standard InChI is InChI=1S/C13H11N5O3/c14-6-1-2-11(19)10(5-6)18-16-9-4-7(15)3-8(13(20)21)12(9)17-18/h1-5,19H,14-15H2,(H,20,21). The van der Waals surface area contributed by atoms with Crippen LogP contribution < -0.4 is 11.5 Å². The van der Waals surface area contributed by atoms with E-state index in [1.165, 1.54) is 30.3 Å². The molecule has 21 heavy (non-hydrogen) atoms. The quantitative estimate of drug-likeness (QED) is 0.406. The average Bonchev–Trinajstić information content (AvgIpc) is 2.83. The number of hydrogen-bond acceptors (Lipinski definition) is 6. The lowest BCUT2D eigenvalue weighted by atomic mass is 10.1. The molecule has 0 radical (unpaired) electrons. The number of carboxylic acids is 1. The minimum Gasteiger partial charge on any atom is -0.506 e. The van der Waals surface area contributed by atoms with Gasteiger partial charge in [0.1, 0.15) is 22.5 Å². The number of phenolic OH excluding ortho intramolecular Hbond substituents is 1. The van der Waals surface area contributed by atoms with Gasteiger partial charge in [-0.2, -0.15) is 0 Å². The maximum absolute atomic E-state index is 11.2. The zero-order valence-corrected chi connectivity index (χ0v) is 10.7. The molecule has 2 aromatic carbocycles. The summed E-state index contributed by atoms with van der Waals surface area (Å²) in [5.74, 6) is -1.23. The minimum absolute atomic E-state index is 0.0559. The van der Waals surface area contributed by atoms with E-state index in [-0.39, 0.29) is 28.2 Å². The molecule has 0 aliphatic rings. The maximum Gasteiger partial charge on any atom is 0.338 e. The van der Waals surface area contributed by atoms with Gasteiger partial charge in [-0.05, 0) is 30.3 Å². The van der Waals surface area contributed by atoms with E-state index < -0.39 is 5.97 Å². The number of nitrogens with zero attached hydrogens (tertiary/aromatic N) is 3. The fourth-order valence-electron chi connectivity index (χ4n) is 2.01. The highest BCUT2D eigenvalue weighted by molar-refractivity contribution is 6.02. The van der Waals surface area contributed by atoms with E-state index in [0.29, 0.717) is 11.2 Å². The summed E-state index contributed by atoms with van der Waals surface area (Å²) in [6.45, 7) is 0. The number of aromatic hydroxyl groups is 1. The number of nitrogen functional groups attached to an aromatic ring is 2. The Morgan fingerprint density at radius 2 is 1.86 bits per heavy atom. The van der Waals surface area contributed by atoms with Crippen LogP contribution in [0.25, 0.3) is 16.7 Å². The van der Waals surface area contributed by atoms with Crippen molar-refractivity contribution in [3.8, 4) is 11.4 Å². The molecule has 0 unspecified atom stereocenters. The first kappa shape index (κ1) is 12.7. The number of phenols is 1. The molecule has 0 aliphatic heterocycles. The average molecular weight is 285 g/mol. The Hall–Kier alpha value is -3.29. The number of aromatic carboxylic acids is 1. The summed E-state index contributed by atoms with van der Waals surface area (Å²) in [6, 6.07) is 7.24. The monoisotopic (exact) mass is 285 g/mol. The topological polar surface area (TPSA) is 140 Å². The molecule has 0 saturated carbocycles. The van der Waals surface area contributed by atoms with Crippen molar-refractivity contribution in [2.75, 3.05) is 11.5 Å². The molecule has 106 valence electrons. The Kier molecular flexibility index (Phi) is 2.65. The van der Waals surface area contributed by atoms with Gasteiger partial charge in [-0.3, -0.25) is 0 Å². The number of nitrogens with two attached hydrogens (primary N) is 2. The van der Waals surface area contributed by atoms with E-state index in [4.69, 9.17) is 11.5 Å². The Labute approximate surface area is 118 Å². The van der Waals surface area contributed by atoms with Gasteiger partial charge in [-0.15, -0.1) is 15.0 Å². The lowest BCUT2D eigenvalue weighted by Gasteiger charge is -2.03. The number of carbonyl (C=O) groups is 1. The van der Waals surface area contributed by atoms with Crippen LogP contribution in [-0.4, -0.2) is 31.2 Å². The highest BCUT2D eigenvalue weighted by Crippen LogP contribution is 2.25. The van der Waals surface area contributed by atoms with Crippen LogP contribution >= 0.6 is 0 Å². The molecule has 0 bridgehead atoms. The molecule has 3 aromatic rings. The normalized spacial score (nSPS) is 10.9. The van der Waals surface area contributed by atoms with Crippen molar-refractivity contribution in [1.29, 1.82) is 0 Å². The van der Waals surface area contributed by atoms with Crippen molar-refractivity contribution < 1.29 is 15.0 Å². The number of rotatable bonds is 2. The van der Waals surface area contributed by atoms with E-state index in [1.807, 2.05) is 0 Å². The molecule has 8 nitrogen and oxygen atoms in total. The Bertz CT molecular complexity index is 872. The van der Waals surface area contributed by atoms with Crippen LogP contribution in [0.1, 0.15) is 10.4 Å². The molecule has 1 heterocycles. The van der Waals surface area contributed by atoms with Gasteiger partial charge < -0.3 is 21.7 Å². The molecule has 0 saturated heterocycles. The second-order valence-electron chi connectivity index (χ2n) is 4.48. The molecule has 0 fully saturated rings. The van der Waals surface area contributed by atoms with E-state index in [2.05, 4.69) is 10.2 Å². The molecule has 0 spiro atoms. The van der Waals surface area contributed by atoms with Crippen molar-refractivity contribution >= 4 is 28.4 Å². The number of aromatic nitrogens is 3. The lowest BCUT2D eigenvalue weighted by molar-refractivity contribution is 0.0699. The van der Waals surface area contributed by atoms with Crippen LogP contribution in [-0.2, 0) is 0 Å². The summed E-state index contributed by atoms with van der Waals surface area (Å²) in [5.41, 5.74) is 12.7. The van der Waals surface area contributed by atoms with Gasteiger partial charge in [0, 0.05) is 11.4 Å². The van der Waals surface area contributed by atoms with Crippen molar-refractivity contribution in [1.82, 2.24) is 15.0 Å². The number of fused-ring (bicyclic) bond motifs is 1. The molecule has 8 heteroatoms. The summed E-state index contributed by atoms with van der Waals surface area (Å²) < 4.78 is 0. The first-order valence-electron chi connectivity index (χ1n) is 5.94. The molecule has 0 aliphatic carbocycles. The van der Waals surface area contributed by atoms with E-state index in [0.717, 1.165) is 4.80 Å². The molecule has 3 rings (SSSR count). The summed E-state index contributed by atoms with van der Waals surface area (Å²) in [5, 5.41) is 27.3. The fraction of sp³-hybridized carbons (Fsp3) is 0. The molecule has 0 amide bonds. The third kappa shape index (κ3) is 2.08. The van der Waals surface area contributed by atoms with Gasteiger partial charge in [0.2, 0.25) is 0 Å². The number of carboxylic acid groups (broad SMARTS) is 1. The van der Waals surface area contributed by atoms with Gasteiger partial charge in [0.25, 0.3) is 0 Å². The molecule has 1 aromatic heterocycles. The van der Waals surface area contributed by atoms with Crippen molar-refractivity contribution in [3.63, 3.8) is 0 Å². The Balaban J connectivity index is 2.28. The van der Waals surface area contributed by atoms with Crippen molar-refractivity contribution in [3.05, 3.63) is 35.9 Å². The largest absolute Gasteiger partial charge is 0.506 e. The van der Waals surface area contributed by atoms with Crippen LogP contribution in [0, 0.1) is 0 Å². The molecular formula is C13H11N5O3. The number of anilines is 2. The smallest absolute Gasteiger partial charge is 0.338 e. The second-order valence-corrected chi connectivity index (χ2v) is 4.48. The lowest BCUT2D eigenvalue weighted by Crippen LogP contribution is -2.01. The van der Waals surface area contributed by atoms with Crippen LogP contribution in [0.15, 0.2) is 30.3 Å². The molecular weight excluding hydrogens is 274 g/mol. The third-order valence-electron chi connectivity index (χ3n) is 2.95. The predicted octanol–water partition coefficient (Wildman–Crippen LogP) is 0.989. The highest BCUT2D eigenvalue weighted by atomic mass is 16.4. The van der Waals surface area contributed by atoms with Crippen LogP contribution in [0.2, 0.25) is 0 Å². The van der Waals surface area contributed by atoms with Crippen molar-refractivity contribution in [2.45, 2.75) is 0 Å². The zero-order valence-electron chi connectivity index (χ0n) is 10.7. The first-order valence-corrected chi connectivity index (χ1v) is 5.94. The fourth-order valence-corrected chi connectivity index (χ4v) is 2.01. The number of hydrogen-bond donors (Lipinski definition) is 4. The second kappa shape index (κ2) is 4.37. The van der Waals surface area contributed by atoms with Crippen LogP contribution in [0.5, 0.6) is 5.75 Å². The third-order valence-corrected chi connectivity index (χ3v) is 2.95. The minimum atomic E-state index is -1.16. The van der Waals surface area contributed by atoms with Crippen LogP contribution in [0.3, 0.4) is 0 Å². The number of benzene rings is 2. The SMILES string of the molecule is Nc1ccc(O)c(-n2nc3cc(N)cc(C(=O)O)c3n2)c1. The maximum atomic E-state index is 11.2. The summed E-state index contributed by atoms with van der Waals surface area (Å²) >= 11 is 0. The van der Waals surface area contributed by atoms with E-state index in [9.17, 15) is 15.0 Å². The van der Waals surface area contributed by atoms with Gasteiger partial charge in [-0.1, -0.05) is 0 Å². The molecule has 6 N–H and O–H groups in total. The van der Waals surface area contributed by atoms with E-state index in [1.54, 1.807) is 0 Å². The predicted molar refractivity (Wildman–Crippen MR) is 76.3 cm³/mol. The van der Waals surface area contributed by atoms with Gasteiger partial charge in [-0.25, -0.2) is 4.79 Å². The van der Waals surface area contributed by atoms with Gasteiger partial charge >= 0.3 is 5.97 Å².